The molecule has 20 heavy (non-hydrogen) atoms. The Balaban J connectivity index is 1.66. The molecule has 2 aliphatic heterocycles. The van der Waals surface area contributed by atoms with Gasteiger partial charge in [-0.25, -0.2) is 0 Å². The molecule has 0 bridgehead atoms. The normalized spacial score (nSPS) is 20.4. The Hall–Kier alpha value is -1.69. The Bertz CT molecular complexity index is 461. The standard InChI is InChI=1S/C14H21N5O/c1-17-8-10-19(11-9-17)14(20)12-4-5-13(16-15-12)18-6-2-3-7-18/h4-5H,2-3,6-11H2,1H3. The van der Waals surface area contributed by atoms with E-state index in [1.165, 1.54) is 12.8 Å². The van der Waals surface area contributed by atoms with Crippen molar-refractivity contribution in [3.63, 3.8) is 0 Å². The molecular weight excluding hydrogens is 254 g/mol. The lowest BCUT2D eigenvalue weighted by Crippen LogP contribution is -2.47. The maximum Gasteiger partial charge on any atom is 0.274 e. The molecule has 3 rings (SSSR count). The zero-order valence-corrected chi connectivity index (χ0v) is 12.0. The second-order valence-electron chi connectivity index (χ2n) is 5.57. The van der Waals surface area contributed by atoms with Gasteiger partial charge in [0.05, 0.1) is 0 Å². The van der Waals surface area contributed by atoms with Gasteiger partial charge in [0.25, 0.3) is 5.91 Å². The second-order valence-corrected chi connectivity index (χ2v) is 5.57. The number of piperazine rings is 1. The summed E-state index contributed by atoms with van der Waals surface area (Å²) >= 11 is 0. The van der Waals surface area contributed by atoms with Crippen LogP contribution in [0.25, 0.3) is 0 Å². The largest absolute Gasteiger partial charge is 0.355 e. The molecule has 0 unspecified atom stereocenters. The number of likely N-dealkylation sites (N-methyl/N-ethyl adjacent to an activating group) is 1. The first-order chi connectivity index (χ1) is 9.74. The maximum absolute atomic E-state index is 12.3. The molecule has 108 valence electrons. The lowest BCUT2D eigenvalue weighted by molar-refractivity contribution is 0.0657. The highest BCUT2D eigenvalue weighted by Gasteiger charge is 2.22. The number of aromatic nitrogens is 2. The minimum atomic E-state index is -0.00132. The van der Waals surface area contributed by atoms with Gasteiger partial charge in [0, 0.05) is 39.3 Å². The SMILES string of the molecule is CN1CCN(C(=O)c2ccc(N3CCCC3)nn2)CC1. The highest BCUT2D eigenvalue weighted by molar-refractivity contribution is 5.92. The number of rotatable bonds is 2. The predicted octanol–water partition coefficient (Wildman–Crippen LogP) is 0.464. The van der Waals surface area contributed by atoms with Crippen LogP contribution in [0, 0.1) is 0 Å². The second kappa shape index (κ2) is 5.75. The van der Waals surface area contributed by atoms with Gasteiger partial charge >= 0.3 is 0 Å². The molecule has 0 aliphatic carbocycles. The van der Waals surface area contributed by atoms with Gasteiger partial charge in [0.2, 0.25) is 0 Å². The van der Waals surface area contributed by atoms with Crippen LogP contribution in [0.2, 0.25) is 0 Å². The van der Waals surface area contributed by atoms with Gasteiger partial charge in [0.1, 0.15) is 0 Å². The fourth-order valence-electron chi connectivity index (χ4n) is 2.73. The number of carbonyl (C=O) groups excluding carboxylic acids is 1. The summed E-state index contributed by atoms with van der Waals surface area (Å²) in [7, 11) is 2.08. The minimum absolute atomic E-state index is 0.00132. The Morgan fingerprint density at radius 3 is 2.30 bits per heavy atom. The van der Waals surface area contributed by atoms with Crippen molar-refractivity contribution in [1.82, 2.24) is 20.0 Å². The van der Waals surface area contributed by atoms with E-state index < -0.39 is 0 Å². The lowest BCUT2D eigenvalue weighted by atomic mass is 10.2. The van der Waals surface area contributed by atoms with Crippen LogP contribution in [-0.4, -0.2) is 72.2 Å². The molecule has 1 amide bonds. The van der Waals surface area contributed by atoms with Crippen molar-refractivity contribution < 1.29 is 4.79 Å². The number of nitrogens with zero attached hydrogens (tertiary/aromatic N) is 5. The van der Waals surface area contributed by atoms with Gasteiger partial charge in [0.15, 0.2) is 11.5 Å². The molecule has 6 heteroatoms. The number of hydrogen-bond donors (Lipinski definition) is 0. The van der Waals surface area contributed by atoms with Crippen LogP contribution in [0.1, 0.15) is 23.3 Å². The first kappa shape index (κ1) is 13.3. The summed E-state index contributed by atoms with van der Waals surface area (Å²) in [5.41, 5.74) is 0.456. The molecule has 0 atom stereocenters. The molecule has 6 nitrogen and oxygen atoms in total. The Labute approximate surface area is 119 Å². The molecule has 1 aromatic rings. The fourth-order valence-corrected chi connectivity index (χ4v) is 2.73. The van der Waals surface area contributed by atoms with Crippen LogP contribution in [0.4, 0.5) is 5.82 Å². The van der Waals surface area contributed by atoms with Crippen LogP contribution in [0.5, 0.6) is 0 Å². The number of carbonyl (C=O) groups is 1. The molecule has 2 aliphatic rings. The predicted molar refractivity (Wildman–Crippen MR) is 76.9 cm³/mol. The van der Waals surface area contributed by atoms with E-state index in [2.05, 4.69) is 27.0 Å². The molecule has 1 aromatic heterocycles. The summed E-state index contributed by atoms with van der Waals surface area (Å²) in [6, 6.07) is 3.73. The molecule has 0 aromatic carbocycles. The first-order valence-corrected chi connectivity index (χ1v) is 7.30. The van der Waals surface area contributed by atoms with Crippen LogP contribution in [0.15, 0.2) is 12.1 Å². The Kier molecular flexibility index (Phi) is 3.82. The van der Waals surface area contributed by atoms with Gasteiger partial charge in [-0.1, -0.05) is 0 Å². The lowest BCUT2D eigenvalue weighted by Gasteiger charge is -2.32. The number of amides is 1. The van der Waals surface area contributed by atoms with Gasteiger partial charge in [-0.2, -0.15) is 0 Å². The molecule has 0 N–H and O–H groups in total. The highest BCUT2D eigenvalue weighted by atomic mass is 16.2. The summed E-state index contributed by atoms with van der Waals surface area (Å²) in [6.45, 7) is 5.46. The molecule has 0 radical (unpaired) electrons. The van der Waals surface area contributed by atoms with Crippen LogP contribution < -0.4 is 4.90 Å². The number of hydrogen-bond acceptors (Lipinski definition) is 5. The van der Waals surface area contributed by atoms with Crippen LogP contribution >= 0.6 is 0 Å². The van der Waals surface area contributed by atoms with E-state index in [1.54, 1.807) is 6.07 Å². The molecule has 0 saturated carbocycles. The van der Waals surface area contributed by atoms with E-state index >= 15 is 0 Å². The average Bonchev–Trinajstić information content (AvgIpc) is 3.02. The van der Waals surface area contributed by atoms with Gasteiger partial charge < -0.3 is 14.7 Å². The van der Waals surface area contributed by atoms with Crippen molar-refractivity contribution in [3.8, 4) is 0 Å². The third-order valence-corrected chi connectivity index (χ3v) is 4.09. The molecule has 2 saturated heterocycles. The zero-order chi connectivity index (χ0) is 13.9. The van der Waals surface area contributed by atoms with Crippen molar-refractivity contribution in [3.05, 3.63) is 17.8 Å². The molecule has 0 spiro atoms. The van der Waals surface area contributed by atoms with E-state index in [0.29, 0.717) is 5.69 Å². The summed E-state index contributed by atoms with van der Waals surface area (Å²) < 4.78 is 0. The average molecular weight is 275 g/mol. The van der Waals surface area contributed by atoms with E-state index in [4.69, 9.17) is 0 Å². The van der Waals surface area contributed by atoms with Gasteiger partial charge in [-0.05, 0) is 32.0 Å². The fraction of sp³-hybridized carbons (Fsp3) is 0.643. The van der Waals surface area contributed by atoms with E-state index in [9.17, 15) is 4.79 Å². The maximum atomic E-state index is 12.3. The number of anilines is 1. The minimum Gasteiger partial charge on any atom is -0.355 e. The van der Waals surface area contributed by atoms with Crippen LogP contribution in [-0.2, 0) is 0 Å². The van der Waals surface area contributed by atoms with Crippen molar-refractivity contribution in [2.45, 2.75) is 12.8 Å². The van der Waals surface area contributed by atoms with Crippen molar-refractivity contribution in [1.29, 1.82) is 0 Å². The smallest absolute Gasteiger partial charge is 0.274 e. The van der Waals surface area contributed by atoms with Gasteiger partial charge in [-0.15, -0.1) is 10.2 Å². The summed E-state index contributed by atoms with van der Waals surface area (Å²) in [5, 5.41) is 8.33. The summed E-state index contributed by atoms with van der Waals surface area (Å²) in [6.07, 6.45) is 2.42. The Morgan fingerprint density at radius 1 is 1.00 bits per heavy atom. The summed E-state index contributed by atoms with van der Waals surface area (Å²) in [5.74, 6) is 0.885. The Morgan fingerprint density at radius 2 is 1.70 bits per heavy atom. The van der Waals surface area contributed by atoms with E-state index in [1.807, 2.05) is 11.0 Å². The van der Waals surface area contributed by atoms with Crippen molar-refractivity contribution in [2.75, 3.05) is 51.2 Å². The molecule has 3 heterocycles. The monoisotopic (exact) mass is 275 g/mol. The zero-order valence-electron chi connectivity index (χ0n) is 12.0. The van der Waals surface area contributed by atoms with Gasteiger partial charge in [-0.3, -0.25) is 4.79 Å². The van der Waals surface area contributed by atoms with Crippen molar-refractivity contribution >= 4 is 11.7 Å². The topological polar surface area (TPSA) is 52.6 Å². The third kappa shape index (κ3) is 2.75. The van der Waals surface area contributed by atoms with Crippen molar-refractivity contribution in [2.24, 2.45) is 0 Å². The third-order valence-electron chi connectivity index (χ3n) is 4.09. The quantitative estimate of drug-likeness (QED) is 0.785. The van der Waals surface area contributed by atoms with Crippen LogP contribution in [0.3, 0.4) is 0 Å². The first-order valence-electron chi connectivity index (χ1n) is 7.30. The summed E-state index contributed by atoms with van der Waals surface area (Å²) in [4.78, 5) is 18.6. The molecule has 2 fully saturated rings. The molecular formula is C14H21N5O. The van der Waals surface area contributed by atoms with E-state index in [-0.39, 0.29) is 5.91 Å². The highest BCUT2D eigenvalue weighted by Crippen LogP contribution is 2.17. The van der Waals surface area contributed by atoms with E-state index in [0.717, 1.165) is 45.1 Å².